The molecule has 0 atom stereocenters. The first-order valence-corrected chi connectivity index (χ1v) is 7.59. The zero-order chi connectivity index (χ0) is 13.2. The molecule has 2 aromatic rings. The van der Waals surface area contributed by atoms with Crippen LogP contribution in [-0.4, -0.2) is 21.1 Å². The molecule has 2 heterocycles. The molecule has 1 saturated carbocycles. The first-order chi connectivity index (χ1) is 9.22. The van der Waals surface area contributed by atoms with E-state index in [2.05, 4.69) is 20.5 Å². The lowest BCUT2D eigenvalue weighted by Crippen LogP contribution is -2.12. The lowest BCUT2D eigenvalue weighted by atomic mass is 10.3. The molecule has 0 bridgehead atoms. The molecule has 19 heavy (non-hydrogen) atoms. The molecule has 0 unspecified atom stereocenters. The second-order valence-electron chi connectivity index (χ2n) is 4.36. The summed E-state index contributed by atoms with van der Waals surface area (Å²) >= 11 is 2.85. The molecule has 2 aromatic heterocycles. The zero-order valence-corrected chi connectivity index (χ0v) is 11.9. The second kappa shape index (κ2) is 5.26. The molecule has 0 aromatic carbocycles. The van der Waals surface area contributed by atoms with Gasteiger partial charge in [0.15, 0.2) is 4.34 Å². The van der Waals surface area contributed by atoms with E-state index in [9.17, 15) is 4.79 Å². The normalized spacial score (nSPS) is 14.4. The molecule has 98 valence electrons. The standard InChI is InChI=1S/C12H12N4OS2/c1-7-3-2-6-13-10(7)18-12-16-15-11(19-12)14-9(17)8-4-5-8/h2-3,6,8H,4-5H2,1H3,(H,14,15,17). The summed E-state index contributed by atoms with van der Waals surface area (Å²) in [5.74, 6) is 0.236. The van der Waals surface area contributed by atoms with Crippen molar-refractivity contribution in [3.05, 3.63) is 23.9 Å². The molecule has 0 radical (unpaired) electrons. The van der Waals surface area contributed by atoms with Crippen LogP contribution in [0.15, 0.2) is 27.7 Å². The molecular weight excluding hydrogens is 280 g/mol. The van der Waals surface area contributed by atoms with Crippen LogP contribution in [0.2, 0.25) is 0 Å². The molecule has 1 fully saturated rings. The van der Waals surface area contributed by atoms with Crippen molar-refractivity contribution in [2.24, 2.45) is 5.92 Å². The molecule has 5 nitrogen and oxygen atoms in total. The second-order valence-corrected chi connectivity index (χ2v) is 6.58. The van der Waals surface area contributed by atoms with Crippen molar-refractivity contribution in [2.45, 2.75) is 29.1 Å². The van der Waals surface area contributed by atoms with Gasteiger partial charge in [0.05, 0.1) is 0 Å². The van der Waals surface area contributed by atoms with E-state index >= 15 is 0 Å². The average Bonchev–Trinajstić information content (AvgIpc) is 3.16. The van der Waals surface area contributed by atoms with E-state index in [1.165, 1.54) is 23.1 Å². The maximum absolute atomic E-state index is 11.6. The maximum Gasteiger partial charge on any atom is 0.229 e. The first-order valence-electron chi connectivity index (χ1n) is 5.96. The lowest BCUT2D eigenvalue weighted by molar-refractivity contribution is -0.117. The monoisotopic (exact) mass is 292 g/mol. The maximum atomic E-state index is 11.6. The highest BCUT2D eigenvalue weighted by molar-refractivity contribution is 8.01. The number of hydrogen-bond donors (Lipinski definition) is 1. The van der Waals surface area contributed by atoms with E-state index in [1.807, 2.05) is 19.1 Å². The summed E-state index contributed by atoms with van der Waals surface area (Å²) in [6, 6.07) is 3.91. The molecule has 0 aliphatic heterocycles. The van der Waals surface area contributed by atoms with Crippen molar-refractivity contribution in [3.8, 4) is 0 Å². The molecule has 1 N–H and O–H groups in total. The summed E-state index contributed by atoms with van der Waals surface area (Å²) in [5.41, 5.74) is 1.10. The molecule has 1 amide bonds. The smallest absolute Gasteiger partial charge is 0.229 e. The fraction of sp³-hybridized carbons (Fsp3) is 0.333. The molecule has 3 rings (SSSR count). The van der Waals surface area contributed by atoms with Crippen LogP contribution in [0.1, 0.15) is 18.4 Å². The van der Waals surface area contributed by atoms with Gasteiger partial charge in [0.25, 0.3) is 0 Å². The summed E-state index contributed by atoms with van der Waals surface area (Å²) in [4.78, 5) is 15.9. The number of anilines is 1. The fourth-order valence-electron chi connectivity index (χ4n) is 1.52. The Bertz CT molecular complexity index is 609. The van der Waals surface area contributed by atoms with Crippen molar-refractivity contribution in [1.82, 2.24) is 15.2 Å². The number of pyridine rings is 1. The number of carbonyl (C=O) groups is 1. The van der Waals surface area contributed by atoms with E-state index in [4.69, 9.17) is 0 Å². The number of aryl methyl sites for hydroxylation is 1. The number of nitrogens with one attached hydrogen (secondary N) is 1. The minimum Gasteiger partial charge on any atom is -0.300 e. The van der Waals surface area contributed by atoms with Crippen LogP contribution in [-0.2, 0) is 4.79 Å². The zero-order valence-electron chi connectivity index (χ0n) is 10.3. The van der Waals surface area contributed by atoms with E-state index in [-0.39, 0.29) is 11.8 Å². The van der Waals surface area contributed by atoms with Crippen LogP contribution in [0.25, 0.3) is 0 Å². The van der Waals surface area contributed by atoms with Gasteiger partial charge in [0.1, 0.15) is 5.03 Å². The highest BCUT2D eigenvalue weighted by atomic mass is 32.2. The highest BCUT2D eigenvalue weighted by Crippen LogP contribution is 2.34. The van der Waals surface area contributed by atoms with Gasteiger partial charge in [-0.1, -0.05) is 17.4 Å². The first kappa shape index (κ1) is 12.6. The molecular formula is C12H12N4OS2. The van der Waals surface area contributed by atoms with E-state index in [0.29, 0.717) is 5.13 Å². The largest absolute Gasteiger partial charge is 0.300 e. The van der Waals surface area contributed by atoms with Crippen LogP contribution in [0.5, 0.6) is 0 Å². The van der Waals surface area contributed by atoms with Gasteiger partial charge in [0.2, 0.25) is 11.0 Å². The van der Waals surface area contributed by atoms with Gasteiger partial charge in [0, 0.05) is 12.1 Å². The quantitative estimate of drug-likeness (QED) is 0.878. The minimum atomic E-state index is 0.0571. The van der Waals surface area contributed by atoms with Crippen molar-refractivity contribution in [1.29, 1.82) is 0 Å². The third kappa shape index (κ3) is 3.10. The van der Waals surface area contributed by atoms with Crippen LogP contribution >= 0.6 is 23.1 Å². The summed E-state index contributed by atoms with van der Waals surface area (Å²) in [7, 11) is 0. The minimum absolute atomic E-state index is 0.0571. The Morgan fingerprint density at radius 1 is 1.47 bits per heavy atom. The number of rotatable bonds is 4. The Morgan fingerprint density at radius 2 is 2.32 bits per heavy atom. The summed E-state index contributed by atoms with van der Waals surface area (Å²) in [5, 5.41) is 12.3. The topological polar surface area (TPSA) is 67.8 Å². The van der Waals surface area contributed by atoms with Gasteiger partial charge in [-0.3, -0.25) is 4.79 Å². The van der Waals surface area contributed by atoms with Crippen molar-refractivity contribution >= 4 is 34.1 Å². The van der Waals surface area contributed by atoms with E-state index in [0.717, 1.165) is 27.8 Å². The van der Waals surface area contributed by atoms with Gasteiger partial charge in [-0.15, -0.1) is 10.2 Å². The van der Waals surface area contributed by atoms with Gasteiger partial charge in [-0.25, -0.2) is 4.98 Å². The Kier molecular flexibility index (Phi) is 3.48. The predicted molar refractivity (Wildman–Crippen MR) is 74.4 cm³/mol. The highest BCUT2D eigenvalue weighted by Gasteiger charge is 2.30. The van der Waals surface area contributed by atoms with E-state index < -0.39 is 0 Å². The van der Waals surface area contributed by atoms with Crippen LogP contribution in [0.3, 0.4) is 0 Å². The van der Waals surface area contributed by atoms with Crippen molar-refractivity contribution in [3.63, 3.8) is 0 Å². The molecule has 1 aliphatic carbocycles. The third-order valence-corrected chi connectivity index (χ3v) is 4.74. The Hall–Kier alpha value is -1.47. The van der Waals surface area contributed by atoms with Crippen LogP contribution in [0.4, 0.5) is 5.13 Å². The van der Waals surface area contributed by atoms with Gasteiger partial charge in [-0.05, 0) is 43.2 Å². The Labute approximate surface area is 118 Å². The number of carbonyl (C=O) groups excluding carboxylic acids is 1. The van der Waals surface area contributed by atoms with Crippen molar-refractivity contribution in [2.75, 3.05) is 5.32 Å². The summed E-state index contributed by atoms with van der Waals surface area (Å²) in [6.45, 7) is 2.01. The average molecular weight is 292 g/mol. The third-order valence-electron chi connectivity index (χ3n) is 2.73. The fourth-order valence-corrected chi connectivity index (χ4v) is 3.23. The van der Waals surface area contributed by atoms with Crippen LogP contribution < -0.4 is 5.32 Å². The predicted octanol–water partition coefficient (Wildman–Crippen LogP) is 2.74. The number of nitrogens with zero attached hydrogens (tertiary/aromatic N) is 3. The summed E-state index contributed by atoms with van der Waals surface area (Å²) in [6.07, 6.45) is 3.73. The van der Waals surface area contributed by atoms with E-state index in [1.54, 1.807) is 6.20 Å². The van der Waals surface area contributed by atoms with Crippen LogP contribution in [0, 0.1) is 12.8 Å². The Morgan fingerprint density at radius 3 is 3.05 bits per heavy atom. The SMILES string of the molecule is Cc1cccnc1Sc1nnc(NC(=O)C2CC2)s1. The lowest BCUT2D eigenvalue weighted by Gasteiger charge is -1.99. The summed E-state index contributed by atoms with van der Waals surface area (Å²) < 4.78 is 0.785. The molecule has 7 heteroatoms. The van der Waals surface area contributed by atoms with Gasteiger partial charge >= 0.3 is 0 Å². The Balaban J connectivity index is 1.67. The number of amides is 1. The number of hydrogen-bond acceptors (Lipinski definition) is 6. The molecule has 1 aliphatic rings. The molecule has 0 spiro atoms. The van der Waals surface area contributed by atoms with Gasteiger partial charge in [-0.2, -0.15) is 0 Å². The number of aromatic nitrogens is 3. The van der Waals surface area contributed by atoms with Crippen molar-refractivity contribution < 1.29 is 4.79 Å². The van der Waals surface area contributed by atoms with Gasteiger partial charge < -0.3 is 5.32 Å². The molecule has 0 saturated heterocycles.